The molecule has 2 unspecified atom stereocenters. The molecule has 0 N–H and O–H groups in total. The van der Waals surface area contributed by atoms with E-state index in [2.05, 4.69) is 6.92 Å². The van der Waals surface area contributed by atoms with Gasteiger partial charge in [0.1, 0.15) is 0 Å². The molecule has 0 aliphatic heterocycles. The van der Waals surface area contributed by atoms with Crippen LogP contribution in [0.25, 0.3) is 0 Å². The Bertz CT molecular complexity index is 419. The molecule has 0 heterocycles. The van der Waals surface area contributed by atoms with E-state index in [1.165, 1.54) is 57.8 Å². The van der Waals surface area contributed by atoms with Crippen LogP contribution in [0, 0.1) is 11.8 Å². The molecule has 0 aromatic carbocycles. The third kappa shape index (κ3) is 11.1. The standard InChI is InChI=1S/C24H44O4/c1-4-5-6-7-8-9-10-11-12-13-16-19-27-23(25)21-17-14-15-18-22(21)24(26)28-20(2)3/h20-22H,4-19H2,1-3H3. The summed E-state index contributed by atoms with van der Waals surface area (Å²) in [4.78, 5) is 24.7. The first-order valence-corrected chi connectivity index (χ1v) is 11.9. The number of hydrogen-bond acceptors (Lipinski definition) is 4. The highest BCUT2D eigenvalue weighted by Gasteiger charge is 2.38. The molecule has 164 valence electrons. The van der Waals surface area contributed by atoms with E-state index >= 15 is 0 Å². The predicted molar refractivity (Wildman–Crippen MR) is 114 cm³/mol. The van der Waals surface area contributed by atoms with Gasteiger partial charge in [-0.15, -0.1) is 0 Å². The Balaban J connectivity index is 2.09. The summed E-state index contributed by atoms with van der Waals surface area (Å²) in [5.41, 5.74) is 0. The van der Waals surface area contributed by atoms with Gasteiger partial charge < -0.3 is 9.47 Å². The molecular formula is C24H44O4. The normalized spacial score (nSPS) is 19.6. The molecule has 0 saturated heterocycles. The number of ether oxygens (including phenoxy) is 2. The molecule has 1 saturated carbocycles. The molecule has 1 aliphatic carbocycles. The lowest BCUT2D eigenvalue weighted by Crippen LogP contribution is -2.36. The summed E-state index contributed by atoms with van der Waals surface area (Å²) in [5, 5.41) is 0. The van der Waals surface area contributed by atoms with E-state index in [1.54, 1.807) is 0 Å². The molecular weight excluding hydrogens is 352 g/mol. The van der Waals surface area contributed by atoms with E-state index in [4.69, 9.17) is 9.47 Å². The van der Waals surface area contributed by atoms with Crippen LogP contribution in [0.1, 0.15) is 117 Å². The van der Waals surface area contributed by atoms with Crippen molar-refractivity contribution >= 4 is 11.9 Å². The van der Waals surface area contributed by atoms with Gasteiger partial charge in [0, 0.05) is 0 Å². The highest BCUT2D eigenvalue weighted by molar-refractivity contribution is 5.82. The van der Waals surface area contributed by atoms with Crippen molar-refractivity contribution in [3.05, 3.63) is 0 Å². The molecule has 0 bridgehead atoms. The molecule has 4 nitrogen and oxygen atoms in total. The van der Waals surface area contributed by atoms with Crippen molar-refractivity contribution in [1.29, 1.82) is 0 Å². The summed E-state index contributed by atoms with van der Waals surface area (Å²) in [7, 11) is 0. The Morgan fingerprint density at radius 3 is 1.71 bits per heavy atom. The number of unbranched alkanes of at least 4 members (excludes halogenated alkanes) is 10. The van der Waals surface area contributed by atoms with E-state index < -0.39 is 0 Å². The molecule has 0 spiro atoms. The first kappa shape index (κ1) is 25.0. The van der Waals surface area contributed by atoms with Gasteiger partial charge in [-0.25, -0.2) is 0 Å². The molecule has 2 atom stereocenters. The first-order valence-electron chi connectivity index (χ1n) is 11.9. The van der Waals surface area contributed by atoms with E-state index in [1.807, 2.05) is 13.8 Å². The molecule has 1 rings (SSSR count). The van der Waals surface area contributed by atoms with Crippen molar-refractivity contribution in [1.82, 2.24) is 0 Å². The first-order chi connectivity index (χ1) is 13.6. The number of carbonyl (C=O) groups excluding carboxylic acids is 2. The second kappa shape index (κ2) is 15.8. The fraction of sp³-hybridized carbons (Fsp3) is 0.917. The summed E-state index contributed by atoms with van der Waals surface area (Å²) in [6.45, 7) is 6.44. The zero-order valence-electron chi connectivity index (χ0n) is 18.7. The lowest BCUT2D eigenvalue weighted by molar-refractivity contribution is -0.165. The van der Waals surface area contributed by atoms with E-state index in [-0.39, 0.29) is 29.9 Å². The Morgan fingerprint density at radius 1 is 0.750 bits per heavy atom. The topological polar surface area (TPSA) is 52.6 Å². The van der Waals surface area contributed by atoms with Crippen LogP contribution in [-0.2, 0) is 19.1 Å². The largest absolute Gasteiger partial charge is 0.465 e. The molecule has 0 amide bonds. The number of hydrogen-bond donors (Lipinski definition) is 0. The lowest BCUT2D eigenvalue weighted by atomic mass is 9.79. The van der Waals surface area contributed by atoms with Crippen molar-refractivity contribution in [3.8, 4) is 0 Å². The quantitative estimate of drug-likeness (QED) is 0.231. The second-order valence-electron chi connectivity index (χ2n) is 8.69. The monoisotopic (exact) mass is 396 g/mol. The zero-order chi connectivity index (χ0) is 20.6. The van der Waals surface area contributed by atoms with Crippen LogP contribution in [0.2, 0.25) is 0 Å². The van der Waals surface area contributed by atoms with Gasteiger partial charge in [0.25, 0.3) is 0 Å². The van der Waals surface area contributed by atoms with Gasteiger partial charge in [-0.1, -0.05) is 84.0 Å². The van der Waals surface area contributed by atoms with Gasteiger partial charge >= 0.3 is 11.9 Å². The highest BCUT2D eigenvalue weighted by Crippen LogP contribution is 2.32. The van der Waals surface area contributed by atoms with Crippen molar-refractivity contribution in [2.24, 2.45) is 11.8 Å². The van der Waals surface area contributed by atoms with E-state index in [0.29, 0.717) is 6.61 Å². The van der Waals surface area contributed by atoms with Crippen LogP contribution >= 0.6 is 0 Å². The molecule has 0 aromatic rings. The summed E-state index contributed by atoms with van der Waals surface area (Å²) < 4.78 is 10.8. The van der Waals surface area contributed by atoms with Gasteiger partial charge in [0.2, 0.25) is 0 Å². The fourth-order valence-electron chi connectivity index (χ4n) is 4.06. The number of carbonyl (C=O) groups is 2. The van der Waals surface area contributed by atoms with Crippen LogP contribution in [0.15, 0.2) is 0 Å². The lowest BCUT2D eigenvalue weighted by Gasteiger charge is -2.28. The second-order valence-corrected chi connectivity index (χ2v) is 8.69. The third-order valence-corrected chi connectivity index (χ3v) is 5.72. The molecule has 1 fully saturated rings. The summed E-state index contributed by atoms with van der Waals surface area (Å²) >= 11 is 0. The van der Waals surface area contributed by atoms with Gasteiger partial charge in [-0.2, -0.15) is 0 Å². The van der Waals surface area contributed by atoms with Crippen LogP contribution in [0.3, 0.4) is 0 Å². The highest BCUT2D eigenvalue weighted by atomic mass is 16.5. The maximum atomic E-state index is 12.5. The minimum absolute atomic E-state index is 0.137. The summed E-state index contributed by atoms with van der Waals surface area (Å²) in [6.07, 6.45) is 17.4. The van der Waals surface area contributed by atoms with E-state index in [0.717, 1.165) is 38.5 Å². The van der Waals surface area contributed by atoms with Crippen LogP contribution in [-0.4, -0.2) is 24.6 Å². The van der Waals surface area contributed by atoms with Gasteiger partial charge in [-0.3, -0.25) is 9.59 Å². The molecule has 0 radical (unpaired) electrons. The minimum atomic E-state index is -0.319. The van der Waals surface area contributed by atoms with Crippen LogP contribution in [0.5, 0.6) is 0 Å². The van der Waals surface area contributed by atoms with E-state index in [9.17, 15) is 9.59 Å². The van der Waals surface area contributed by atoms with Crippen molar-refractivity contribution in [2.75, 3.05) is 6.61 Å². The predicted octanol–water partition coefficient (Wildman–Crippen LogP) is 6.60. The van der Waals surface area contributed by atoms with Crippen molar-refractivity contribution in [2.45, 2.75) is 123 Å². The Labute approximate surface area is 173 Å². The van der Waals surface area contributed by atoms with Crippen molar-refractivity contribution in [3.63, 3.8) is 0 Å². The van der Waals surface area contributed by atoms with Crippen molar-refractivity contribution < 1.29 is 19.1 Å². The molecule has 4 heteroatoms. The smallest absolute Gasteiger partial charge is 0.310 e. The summed E-state index contributed by atoms with van der Waals surface area (Å²) in [5.74, 6) is -1.06. The molecule has 1 aliphatic rings. The average Bonchev–Trinajstić information content (AvgIpc) is 2.68. The maximum Gasteiger partial charge on any atom is 0.310 e. The Kier molecular flexibility index (Phi) is 14.1. The van der Waals surface area contributed by atoms with Crippen LogP contribution in [0.4, 0.5) is 0 Å². The Morgan fingerprint density at radius 2 is 1.21 bits per heavy atom. The number of esters is 2. The van der Waals surface area contributed by atoms with Crippen LogP contribution < -0.4 is 0 Å². The summed E-state index contributed by atoms with van der Waals surface area (Å²) in [6, 6.07) is 0. The average molecular weight is 397 g/mol. The fourth-order valence-corrected chi connectivity index (χ4v) is 4.06. The molecule has 0 aromatic heterocycles. The minimum Gasteiger partial charge on any atom is -0.465 e. The molecule has 28 heavy (non-hydrogen) atoms. The van der Waals surface area contributed by atoms with Gasteiger partial charge in [0.15, 0.2) is 0 Å². The SMILES string of the molecule is CCCCCCCCCCCCCOC(=O)C1CCCCC1C(=O)OC(C)C. The zero-order valence-corrected chi connectivity index (χ0v) is 18.7. The Hall–Kier alpha value is -1.06. The third-order valence-electron chi connectivity index (χ3n) is 5.72. The maximum absolute atomic E-state index is 12.5. The van der Waals surface area contributed by atoms with Gasteiger partial charge in [-0.05, 0) is 33.1 Å². The van der Waals surface area contributed by atoms with Gasteiger partial charge in [0.05, 0.1) is 24.5 Å². The number of rotatable bonds is 15.